The summed E-state index contributed by atoms with van der Waals surface area (Å²) in [6.07, 6.45) is 3.04. The summed E-state index contributed by atoms with van der Waals surface area (Å²) in [6.45, 7) is 4.26. The van der Waals surface area contributed by atoms with Crippen molar-refractivity contribution in [2.24, 2.45) is 0 Å². The van der Waals surface area contributed by atoms with E-state index in [-0.39, 0.29) is 6.10 Å². The van der Waals surface area contributed by atoms with Crippen molar-refractivity contribution in [3.8, 4) is 0 Å². The number of hydrogen-bond acceptors (Lipinski definition) is 5. The lowest BCUT2D eigenvalue weighted by atomic mass is 10.2. The van der Waals surface area contributed by atoms with Crippen LogP contribution < -0.4 is 0 Å². The Morgan fingerprint density at radius 2 is 2.35 bits per heavy atom. The first-order valence-corrected chi connectivity index (χ1v) is 5.90. The Bertz CT molecular complexity index is 353. The van der Waals surface area contributed by atoms with Crippen molar-refractivity contribution in [1.82, 2.24) is 9.88 Å². The molecule has 2 heterocycles. The highest BCUT2D eigenvalue weighted by atomic mass is 16.5. The van der Waals surface area contributed by atoms with Crippen LogP contribution in [-0.2, 0) is 16.0 Å². The Balaban J connectivity index is 1.97. The Hall–Kier alpha value is -0.910. The third kappa shape index (κ3) is 3.06. The predicted molar refractivity (Wildman–Crippen MR) is 62.7 cm³/mol. The zero-order valence-electron chi connectivity index (χ0n) is 10.7. The maximum atomic E-state index is 5.51. The summed E-state index contributed by atoms with van der Waals surface area (Å²) in [6, 6.07) is 0.386. The molecule has 0 unspecified atom stereocenters. The minimum absolute atomic E-state index is 0.284. The predicted octanol–water partition coefficient (Wildman–Crippen LogP) is 1.22. The van der Waals surface area contributed by atoms with Crippen LogP contribution in [0.25, 0.3) is 0 Å². The highest BCUT2D eigenvalue weighted by Gasteiger charge is 2.32. The standard InChI is InChI=1S/C12H20N2O3/c1-9-5-13-12(17-9)7-14-6-11(16-3)4-10(14)8-15-2/h5,10-11H,4,6-8H2,1-3H3/t10-,11+/m0/s1. The smallest absolute Gasteiger partial charge is 0.208 e. The molecule has 0 spiro atoms. The summed E-state index contributed by atoms with van der Waals surface area (Å²) in [5, 5.41) is 0. The van der Waals surface area contributed by atoms with Gasteiger partial charge in [0.05, 0.1) is 25.5 Å². The van der Waals surface area contributed by atoms with E-state index in [1.165, 1.54) is 0 Å². The normalized spacial score (nSPS) is 25.6. The van der Waals surface area contributed by atoms with Crippen molar-refractivity contribution in [2.45, 2.75) is 32.0 Å². The number of nitrogens with zero attached hydrogens (tertiary/aromatic N) is 2. The maximum Gasteiger partial charge on any atom is 0.208 e. The van der Waals surface area contributed by atoms with Gasteiger partial charge in [-0.05, 0) is 13.3 Å². The molecule has 5 nitrogen and oxygen atoms in total. The monoisotopic (exact) mass is 240 g/mol. The van der Waals surface area contributed by atoms with Gasteiger partial charge < -0.3 is 13.9 Å². The molecule has 0 N–H and O–H groups in total. The molecule has 0 aromatic carbocycles. The molecular formula is C12H20N2O3. The number of oxazole rings is 1. The lowest BCUT2D eigenvalue weighted by Crippen LogP contribution is -2.32. The fourth-order valence-electron chi connectivity index (χ4n) is 2.32. The van der Waals surface area contributed by atoms with Gasteiger partial charge >= 0.3 is 0 Å². The summed E-state index contributed by atoms with van der Waals surface area (Å²) < 4.78 is 16.2. The Kier molecular flexibility index (Phi) is 4.15. The molecule has 1 aromatic heterocycles. The van der Waals surface area contributed by atoms with Gasteiger partial charge in [0.25, 0.3) is 0 Å². The highest BCUT2D eigenvalue weighted by molar-refractivity contribution is 4.94. The molecule has 0 bridgehead atoms. The van der Waals surface area contributed by atoms with Crippen LogP contribution in [0.4, 0.5) is 0 Å². The molecule has 0 radical (unpaired) electrons. The molecule has 1 saturated heterocycles. The number of ether oxygens (including phenoxy) is 2. The lowest BCUT2D eigenvalue weighted by molar-refractivity contribution is 0.101. The maximum absolute atomic E-state index is 5.51. The second kappa shape index (κ2) is 5.62. The van der Waals surface area contributed by atoms with Crippen molar-refractivity contribution in [1.29, 1.82) is 0 Å². The molecule has 96 valence electrons. The van der Waals surface area contributed by atoms with Crippen molar-refractivity contribution in [3.63, 3.8) is 0 Å². The van der Waals surface area contributed by atoms with Crippen LogP contribution in [0.1, 0.15) is 18.1 Å². The van der Waals surface area contributed by atoms with E-state index in [0.717, 1.165) is 37.8 Å². The topological polar surface area (TPSA) is 47.7 Å². The number of methoxy groups -OCH3 is 2. The van der Waals surface area contributed by atoms with Crippen LogP contribution in [0, 0.1) is 6.92 Å². The molecule has 0 saturated carbocycles. The first-order chi connectivity index (χ1) is 8.22. The molecule has 0 aliphatic carbocycles. The number of aryl methyl sites for hydroxylation is 1. The summed E-state index contributed by atoms with van der Waals surface area (Å²) in [4.78, 5) is 6.54. The van der Waals surface area contributed by atoms with Gasteiger partial charge in [0.1, 0.15) is 5.76 Å². The molecule has 2 atom stereocenters. The third-order valence-corrected chi connectivity index (χ3v) is 3.19. The summed E-state index contributed by atoms with van der Waals surface area (Å²) in [5.41, 5.74) is 0. The number of aromatic nitrogens is 1. The molecule has 5 heteroatoms. The summed E-state index contributed by atoms with van der Waals surface area (Å²) >= 11 is 0. The van der Waals surface area contributed by atoms with Crippen LogP contribution in [0.3, 0.4) is 0 Å². The Morgan fingerprint density at radius 3 is 2.94 bits per heavy atom. The fraction of sp³-hybridized carbons (Fsp3) is 0.750. The van der Waals surface area contributed by atoms with E-state index in [9.17, 15) is 0 Å². The molecule has 1 aliphatic heterocycles. The molecule has 1 aromatic rings. The minimum Gasteiger partial charge on any atom is -0.445 e. The second-order valence-electron chi connectivity index (χ2n) is 4.50. The van der Waals surface area contributed by atoms with Gasteiger partial charge in [-0.25, -0.2) is 4.98 Å². The largest absolute Gasteiger partial charge is 0.445 e. The first-order valence-electron chi connectivity index (χ1n) is 5.90. The molecular weight excluding hydrogens is 220 g/mol. The van der Waals surface area contributed by atoms with E-state index in [1.54, 1.807) is 20.4 Å². The van der Waals surface area contributed by atoms with Crippen molar-refractivity contribution >= 4 is 0 Å². The van der Waals surface area contributed by atoms with Gasteiger partial charge in [0.15, 0.2) is 0 Å². The van der Waals surface area contributed by atoms with Gasteiger partial charge in [0.2, 0.25) is 5.89 Å². The molecule has 1 aliphatic rings. The lowest BCUT2D eigenvalue weighted by Gasteiger charge is -2.21. The quantitative estimate of drug-likeness (QED) is 0.774. The number of rotatable bonds is 5. The average Bonchev–Trinajstić information content (AvgIpc) is 2.87. The number of likely N-dealkylation sites (tertiary alicyclic amines) is 1. The average molecular weight is 240 g/mol. The van der Waals surface area contributed by atoms with Crippen LogP contribution in [-0.4, -0.2) is 49.4 Å². The number of hydrogen-bond donors (Lipinski definition) is 0. The van der Waals surface area contributed by atoms with Crippen LogP contribution >= 0.6 is 0 Å². The van der Waals surface area contributed by atoms with E-state index in [4.69, 9.17) is 13.9 Å². The van der Waals surface area contributed by atoms with E-state index < -0.39 is 0 Å². The molecule has 2 rings (SSSR count). The van der Waals surface area contributed by atoms with E-state index >= 15 is 0 Å². The molecule has 17 heavy (non-hydrogen) atoms. The van der Waals surface area contributed by atoms with Gasteiger partial charge in [-0.15, -0.1) is 0 Å². The van der Waals surface area contributed by atoms with Crippen molar-refractivity contribution in [2.75, 3.05) is 27.4 Å². The zero-order chi connectivity index (χ0) is 12.3. The van der Waals surface area contributed by atoms with Gasteiger partial charge in [-0.1, -0.05) is 0 Å². The highest BCUT2D eigenvalue weighted by Crippen LogP contribution is 2.22. The van der Waals surface area contributed by atoms with E-state index in [2.05, 4.69) is 9.88 Å². The Labute approximate surface area is 102 Å². The van der Waals surface area contributed by atoms with Gasteiger partial charge in [-0.3, -0.25) is 4.90 Å². The van der Waals surface area contributed by atoms with Crippen molar-refractivity contribution in [3.05, 3.63) is 17.8 Å². The summed E-state index contributed by atoms with van der Waals surface area (Å²) in [5.74, 6) is 1.62. The van der Waals surface area contributed by atoms with Crippen LogP contribution in [0.2, 0.25) is 0 Å². The Morgan fingerprint density at radius 1 is 1.53 bits per heavy atom. The second-order valence-corrected chi connectivity index (χ2v) is 4.50. The SMILES string of the molecule is COC[C@@H]1C[C@@H](OC)CN1Cc1ncc(C)o1. The zero-order valence-corrected chi connectivity index (χ0v) is 10.7. The van der Waals surface area contributed by atoms with Gasteiger partial charge in [-0.2, -0.15) is 0 Å². The van der Waals surface area contributed by atoms with Crippen LogP contribution in [0.15, 0.2) is 10.6 Å². The van der Waals surface area contributed by atoms with Gasteiger partial charge in [0, 0.05) is 26.8 Å². The first kappa shape index (κ1) is 12.5. The molecule has 0 amide bonds. The van der Waals surface area contributed by atoms with E-state index in [0.29, 0.717) is 6.04 Å². The fourth-order valence-corrected chi connectivity index (χ4v) is 2.32. The minimum atomic E-state index is 0.284. The third-order valence-electron chi connectivity index (χ3n) is 3.19. The van der Waals surface area contributed by atoms with Crippen molar-refractivity contribution < 1.29 is 13.9 Å². The summed E-state index contributed by atoms with van der Waals surface area (Å²) in [7, 11) is 3.49. The van der Waals surface area contributed by atoms with E-state index in [1.807, 2.05) is 6.92 Å². The van der Waals surface area contributed by atoms with Crippen LogP contribution in [0.5, 0.6) is 0 Å². The molecule has 1 fully saturated rings.